The molecule has 0 unspecified atom stereocenters. The van der Waals surface area contributed by atoms with Crippen LogP contribution < -0.4 is 21.3 Å². The van der Waals surface area contributed by atoms with Gasteiger partial charge in [-0.3, -0.25) is 28.8 Å². The number of carbonyl (C=O) groups excluding carboxylic acids is 6. The normalized spacial score (nSPS) is 18.9. The third kappa shape index (κ3) is 16.6. The molecule has 4 rings (SSSR count). The van der Waals surface area contributed by atoms with Crippen LogP contribution in [0, 0.1) is 0 Å². The number of alkyl halides is 6. The highest BCUT2D eigenvalue weighted by molar-refractivity contribution is 5.91. The number of ether oxygens (including phenoxy) is 2. The summed E-state index contributed by atoms with van der Waals surface area (Å²) in [7, 11) is 3.08. The average Bonchev–Trinajstić information content (AvgIpc) is 4.02. The number of rotatable bonds is 25. The summed E-state index contributed by atoms with van der Waals surface area (Å²) in [6, 6.07) is 11.6. The van der Waals surface area contributed by atoms with Crippen LogP contribution in [0.15, 0.2) is 60.7 Å². The van der Waals surface area contributed by atoms with E-state index in [-0.39, 0.29) is 52.2 Å². The summed E-state index contributed by atoms with van der Waals surface area (Å²) in [6.07, 6.45) is -10.7. The number of hydrogen-bond donors (Lipinski definition) is 4. The molecule has 22 heteroatoms. The van der Waals surface area contributed by atoms with Gasteiger partial charge in [0.05, 0.1) is 37.5 Å². The zero-order chi connectivity index (χ0) is 51.8. The summed E-state index contributed by atoms with van der Waals surface area (Å²) in [5.41, 5.74) is 1.45. The SMILES string of the molecule is CN[C@@H](C)C(=O)N[C@H](C(=O)N1CCC[C@H]1CN(CCc1ccccc1)C(=O)C(F)(F)F)[C@@H](C)OCCO[C@H](C)[C@H](NC(=O)[C@H](C)NC)C(=O)N1CCC[C@H]1CN(CCc1ccccc1)C(=O)C(F)(F)F. The minimum absolute atomic E-state index is 0.145. The van der Waals surface area contributed by atoms with Crippen LogP contribution in [-0.4, -0.2) is 182 Å². The first kappa shape index (κ1) is 57.3. The first-order valence-electron chi connectivity index (χ1n) is 23.7. The van der Waals surface area contributed by atoms with Crippen LogP contribution in [0.2, 0.25) is 0 Å². The lowest BCUT2D eigenvalue weighted by Gasteiger charge is -2.35. The Hall–Kier alpha value is -5.32. The summed E-state index contributed by atoms with van der Waals surface area (Å²) in [4.78, 5) is 84.6. The standard InChI is InChI=1S/C48H68F6N8O8/c1-31(55-5)41(63)57-39(43(65)61-23-13-19-37(61)29-59(45(67)47(49,50)51)25-21-35-15-9-7-10-16-35)33(3)69-27-28-70-34(4)40(58-42(64)32(2)56-6)44(66)62-24-14-20-38(62)30-60(46(68)48(52,53)54)26-22-36-17-11-8-12-18-36/h7-12,15-18,31-34,37-40,55-56H,13-14,19-30H2,1-6H3,(H,57,63)(H,58,64)/t31-,32-,33+,34+,37-,38-,39-,40-/m0/s1. The molecule has 0 spiro atoms. The second kappa shape index (κ2) is 26.8. The summed E-state index contributed by atoms with van der Waals surface area (Å²) < 4.78 is 95.1. The van der Waals surface area contributed by atoms with Crippen molar-refractivity contribution in [1.29, 1.82) is 0 Å². The van der Waals surface area contributed by atoms with Gasteiger partial charge < -0.3 is 50.3 Å². The zero-order valence-corrected chi connectivity index (χ0v) is 40.6. The molecule has 2 aromatic carbocycles. The summed E-state index contributed by atoms with van der Waals surface area (Å²) >= 11 is 0. The third-order valence-corrected chi connectivity index (χ3v) is 12.8. The topological polar surface area (TPSA) is 182 Å². The van der Waals surface area contributed by atoms with Crippen LogP contribution in [0.1, 0.15) is 64.5 Å². The van der Waals surface area contributed by atoms with E-state index in [1.54, 1.807) is 74.5 Å². The summed E-state index contributed by atoms with van der Waals surface area (Å²) in [6.45, 7) is 4.73. The predicted octanol–water partition coefficient (Wildman–Crippen LogP) is 3.23. The lowest BCUT2D eigenvalue weighted by atomic mass is 10.1. The molecule has 2 aliphatic heterocycles. The van der Waals surface area contributed by atoms with Crippen LogP contribution in [0.5, 0.6) is 0 Å². The lowest BCUT2D eigenvalue weighted by molar-refractivity contribution is -0.186. The summed E-state index contributed by atoms with van der Waals surface area (Å²) in [5, 5.41) is 11.0. The number of benzene rings is 2. The molecule has 2 saturated heterocycles. The molecule has 2 aliphatic rings. The van der Waals surface area contributed by atoms with Gasteiger partial charge in [0.25, 0.3) is 0 Å². The smallest absolute Gasteiger partial charge is 0.373 e. The molecule has 8 atom stereocenters. The van der Waals surface area contributed by atoms with Gasteiger partial charge in [-0.15, -0.1) is 0 Å². The molecule has 2 fully saturated rings. The molecule has 0 radical (unpaired) electrons. The van der Waals surface area contributed by atoms with Gasteiger partial charge in [-0.1, -0.05) is 60.7 Å². The number of nitrogens with zero attached hydrogens (tertiary/aromatic N) is 4. The van der Waals surface area contributed by atoms with E-state index in [1.165, 1.54) is 37.7 Å². The number of amides is 6. The lowest BCUT2D eigenvalue weighted by Crippen LogP contribution is -2.59. The Morgan fingerprint density at radius 1 is 0.600 bits per heavy atom. The molecule has 0 saturated carbocycles. The van der Waals surface area contributed by atoms with Gasteiger partial charge in [0.15, 0.2) is 0 Å². The molecular formula is C48H68F6N8O8. The zero-order valence-electron chi connectivity index (χ0n) is 40.6. The van der Waals surface area contributed by atoms with Crippen molar-refractivity contribution in [3.8, 4) is 0 Å². The van der Waals surface area contributed by atoms with Crippen molar-refractivity contribution in [2.75, 3.05) is 66.6 Å². The molecule has 0 bridgehead atoms. The van der Waals surface area contributed by atoms with Gasteiger partial charge in [0, 0.05) is 51.4 Å². The van der Waals surface area contributed by atoms with Crippen LogP contribution >= 0.6 is 0 Å². The highest BCUT2D eigenvalue weighted by Crippen LogP contribution is 2.27. The van der Waals surface area contributed by atoms with Crippen molar-refractivity contribution < 1.29 is 64.6 Å². The van der Waals surface area contributed by atoms with Gasteiger partial charge in [0.1, 0.15) is 12.1 Å². The van der Waals surface area contributed by atoms with Gasteiger partial charge in [-0.05, 0) is 91.4 Å². The number of halogens is 6. The van der Waals surface area contributed by atoms with Crippen molar-refractivity contribution >= 4 is 35.4 Å². The van der Waals surface area contributed by atoms with E-state index in [9.17, 15) is 55.1 Å². The maximum Gasteiger partial charge on any atom is 0.471 e. The fourth-order valence-electron chi connectivity index (χ4n) is 8.46. The Kier molecular flexibility index (Phi) is 21.9. The molecule has 2 aromatic rings. The number of likely N-dealkylation sites (tertiary alicyclic amines) is 2. The molecule has 0 aliphatic carbocycles. The minimum Gasteiger partial charge on any atom is -0.373 e. The van der Waals surface area contributed by atoms with Crippen molar-refractivity contribution in [3.63, 3.8) is 0 Å². The Morgan fingerprint density at radius 3 is 1.26 bits per heavy atom. The van der Waals surface area contributed by atoms with E-state index in [0.29, 0.717) is 35.5 Å². The second-order valence-electron chi connectivity index (χ2n) is 17.8. The van der Waals surface area contributed by atoms with Gasteiger partial charge >= 0.3 is 24.2 Å². The molecular weight excluding hydrogens is 931 g/mol. The quantitative estimate of drug-likeness (QED) is 0.0853. The molecule has 2 heterocycles. The van der Waals surface area contributed by atoms with Crippen LogP contribution in [0.25, 0.3) is 0 Å². The van der Waals surface area contributed by atoms with Crippen LogP contribution in [0.3, 0.4) is 0 Å². The van der Waals surface area contributed by atoms with Gasteiger partial charge in [-0.2, -0.15) is 26.3 Å². The third-order valence-electron chi connectivity index (χ3n) is 12.8. The van der Waals surface area contributed by atoms with Crippen LogP contribution in [0.4, 0.5) is 26.3 Å². The monoisotopic (exact) mass is 999 g/mol. The van der Waals surface area contributed by atoms with E-state index in [2.05, 4.69) is 21.3 Å². The van der Waals surface area contributed by atoms with E-state index >= 15 is 0 Å². The molecule has 70 heavy (non-hydrogen) atoms. The van der Waals surface area contributed by atoms with Crippen molar-refractivity contribution in [2.24, 2.45) is 0 Å². The second-order valence-corrected chi connectivity index (χ2v) is 17.8. The van der Waals surface area contributed by atoms with Crippen molar-refractivity contribution in [1.82, 2.24) is 40.9 Å². The van der Waals surface area contributed by atoms with Crippen molar-refractivity contribution in [3.05, 3.63) is 71.8 Å². The number of likely N-dealkylation sites (N-methyl/N-ethyl adjacent to an activating group) is 2. The number of hydrogen-bond acceptors (Lipinski definition) is 10. The van der Waals surface area contributed by atoms with E-state index in [1.807, 2.05) is 0 Å². The van der Waals surface area contributed by atoms with Crippen LogP contribution in [-0.2, 0) is 51.1 Å². The Balaban J connectivity index is 1.47. The maximum atomic E-state index is 14.4. The Morgan fingerprint density at radius 2 is 0.943 bits per heavy atom. The van der Waals surface area contributed by atoms with E-state index < -0.39 is 109 Å². The highest BCUT2D eigenvalue weighted by atomic mass is 19.4. The predicted molar refractivity (Wildman–Crippen MR) is 247 cm³/mol. The largest absolute Gasteiger partial charge is 0.471 e. The molecule has 6 amide bonds. The van der Waals surface area contributed by atoms with Gasteiger partial charge in [0.2, 0.25) is 23.6 Å². The average molecular weight is 999 g/mol. The number of nitrogens with one attached hydrogen (secondary N) is 4. The molecule has 16 nitrogen and oxygen atoms in total. The highest BCUT2D eigenvalue weighted by Gasteiger charge is 2.47. The first-order chi connectivity index (χ1) is 33.1. The first-order valence-corrected chi connectivity index (χ1v) is 23.7. The Bertz CT molecular complexity index is 1880. The Labute approximate surface area is 405 Å². The minimum atomic E-state index is -5.15. The summed E-state index contributed by atoms with van der Waals surface area (Å²) in [5.74, 6) is -6.45. The van der Waals surface area contributed by atoms with Crippen molar-refractivity contribution in [2.45, 2.75) is 127 Å². The van der Waals surface area contributed by atoms with Gasteiger partial charge in [-0.25, -0.2) is 0 Å². The van der Waals surface area contributed by atoms with E-state index in [0.717, 1.165) is 11.1 Å². The van der Waals surface area contributed by atoms with E-state index in [4.69, 9.17) is 9.47 Å². The maximum absolute atomic E-state index is 14.4. The fraction of sp³-hybridized carbons (Fsp3) is 0.625. The molecule has 4 N–H and O–H groups in total. The molecule has 390 valence electrons. The molecule has 0 aromatic heterocycles. The fourth-order valence-corrected chi connectivity index (χ4v) is 8.46. The number of carbonyl (C=O) groups is 6.